The first kappa shape index (κ1) is 39.2. The maximum Gasteiger partial charge on any atom is 0.325 e. The fourth-order valence-corrected chi connectivity index (χ4v) is 6.47. The number of pyridine rings is 1. The number of ether oxygens (including phenoxy) is 1. The van der Waals surface area contributed by atoms with Crippen LogP contribution in [0.25, 0.3) is 0 Å². The highest BCUT2D eigenvalue weighted by Gasteiger charge is 2.35. The number of amides is 3. The van der Waals surface area contributed by atoms with Gasteiger partial charge in [0.15, 0.2) is 0 Å². The summed E-state index contributed by atoms with van der Waals surface area (Å²) in [5.41, 5.74) is 1.59. The van der Waals surface area contributed by atoms with Gasteiger partial charge in [0.05, 0.1) is 24.3 Å². The van der Waals surface area contributed by atoms with Gasteiger partial charge in [0, 0.05) is 65.4 Å². The van der Waals surface area contributed by atoms with Crippen LogP contribution in [0.3, 0.4) is 0 Å². The summed E-state index contributed by atoms with van der Waals surface area (Å²) in [4.78, 5) is 41.4. The molecule has 2 aliphatic rings. The molecule has 50 heavy (non-hydrogen) atoms. The van der Waals surface area contributed by atoms with Crippen LogP contribution in [0.4, 0.5) is 4.79 Å². The van der Waals surface area contributed by atoms with Crippen LogP contribution in [-0.4, -0.2) is 64.3 Å². The molecule has 1 aromatic carbocycles. The Morgan fingerprint density at radius 3 is 2.44 bits per heavy atom. The minimum absolute atomic E-state index is 0.0400. The molecular formula is C40H53Cl2N5O3. The quantitative estimate of drug-likeness (QED) is 0.103. The van der Waals surface area contributed by atoms with Gasteiger partial charge in [0.25, 0.3) is 0 Å². The van der Waals surface area contributed by atoms with Gasteiger partial charge in [-0.3, -0.25) is 19.7 Å². The largest absolute Gasteiger partial charge is 0.493 e. The molecule has 0 spiro atoms. The Labute approximate surface area is 308 Å². The van der Waals surface area contributed by atoms with E-state index in [1.165, 1.54) is 0 Å². The number of aliphatic imine (C=N–C) groups is 1. The van der Waals surface area contributed by atoms with Gasteiger partial charge in [0.1, 0.15) is 11.6 Å². The summed E-state index contributed by atoms with van der Waals surface area (Å²) < 4.78 is 6.28. The molecule has 0 radical (unpaired) electrons. The van der Waals surface area contributed by atoms with E-state index in [4.69, 9.17) is 37.9 Å². The molecule has 1 atom stereocenters. The van der Waals surface area contributed by atoms with Crippen LogP contribution in [0.2, 0.25) is 5.02 Å². The van der Waals surface area contributed by atoms with Crippen LogP contribution in [0.15, 0.2) is 77.4 Å². The van der Waals surface area contributed by atoms with Crippen molar-refractivity contribution < 1.29 is 14.3 Å². The van der Waals surface area contributed by atoms with E-state index in [0.29, 0.717) is 59.9 Å². The van der Waals surface area contributed by atoms with Gasteiger partial charge in [0.2, 0.25) is 5.91 Å². The average Bonchev–Trinajstić information content (AvgIpc) is 3.07. The maximum atomic E-state index is 14.8. The average molecular weight is 723 g/mol. The second-order valence-electron chi connectivity index (χ2n) is 14.7. The molecule has 1 saturated heterocycles. The topological polar surface area (TPSA) is 87.1 Å². The molecule has 10 heteroatoms. The number of hydrogen-bond donors (Lipinski definition) is 1. The number of likely N-dealkylation sites (tertiary alicyclic amines) is 1. The summed E-state index contributed by atoms with van der Waals surface area (Å²) in [7, 11) is 0. The number of amidine groups is 1. The molecule has 1 aromatic heterocycles. The Morgan fingerprint density at radius 1 is 1.14 bits per heavy atom. The molecule has 0 saturated carbocycles. The Balaban J connectivity index is 1.77. The molecule has 1 unspecified atom stereocenters. The van der Waals surface area contributed by atoms with Gasteiger partial charge in [-0.2, -0.15) is 0 Å². The smallest absolute Gasteiger partial charge is 0.325 e. The van der Waals surface area contributed by atoms with Crippen molar-refractivity contribution in [2.24, 2.45) is 16.8 Å². The monoisotopic (exact) mass is 721 g/mol. The number of rotatable bonds is 12. The Kier molecular flexibility index (Phi) is 13.7. The van der Waals surface area contributed by atoms with Crippen molar-refractivity contribution in [3.8, 4) is 5.75 Å². The zero-order valence-corrected chi connectivity index (χ0v) is 32.0. The third-order valence-corrected chi connectivity index (χ3v) is 9.83. The lowest BCUT2D eigenvalue weighted by Gasteiger charge is -2.38. The fraction of sp³-hybridized carbons (Fsp3) is 0.500. The molecule has 2 aromatic rings. The van der Waals surface area contributed by atoms with Gasteiger partial charge in [-0.05, 0) is 76.1 Å². The van der Waals surface area contributed by atoms with E-state index in [1.807, 2.05) is 54.3 Å². The summed E-state index contributed by atoms with van der Waals surface area (Å²) in [5, 5.41) is 4.30. The van der Waals surface area contributed by atoms with E-state index >= 15 is 0 Å². The molecule has 1 aliphatic heterocycles. The predicted octanol–water partition coefficient (Wildman–Crippen LogP) is 9.07. The highest BCUT2D eigenvalue weighted by atomic mass is 35.5. The number of piperidine rings is 1. The number of carbonyl (C=O) groups excluding carboxylic acids is 2. The SMILES string of the molecule is C=CCCNC(=O)CC1CCN(C(=O)N(Cc2ccc(Cl)cc2)/C(=N\C(C)(C)C2C=CC(Cl)=CC2)c2cnc(C(C)(C)C)cc2OCC)CC1. The zero-order valence-electron chi connectivity index (χ0n) is 30.5. The van der Waals surface area contributed by atoms with Gasteiger partial charge >= 0.3 is 6.03 Å². The number of halogens is 2. The molecule has 270 valence electrons. The lowest BCUT2D eigenvalue weighted by atomic mass is 9.83. The van der Waals surface area contributed by atoms with Gasteiger partial charge in [-0.25, -0.2) is 4.79 Å². The van der Waals surface area contributed by atoms with Crippen LogP contribution in [-0.2, 0) is 16.8 Å². The van der Waals surface area contributed by atoms with Crippen LogP contribution >= 0.6 is 23.2 Å². The molecule has 4 rings (SSSR count). The number of benzene rings is 1. The maximum absolute atomic E-state index is 14.8. The van der Waals surface area contributed by atoms with Gasteiger partial charge < -0.3 is 15.0 Å². The lowest BCUT2D eigenvalue weighted by molar-refractivity contribution is -0.122. The first-order valence-corrected chi connectivity index (χ1v) is 18.4. The van der Waals surface area contributed by atoms with Crippen molar-refractivity contribution in [2.45, 2.75) is 91.1 Å². The van der Waals surface area contributed by atoms with Crippen LogP contribution < -0.4 is 10.1 Å². The first-order valence-electron chi connectivity index (χ1n) is 17.7. The number of urea groups is 1. The van der Waals surface area contributed by atoms with Crippen molar-refractivity contribution in [1.29, 1.82) is 0 Å². The number of hydrogen-bond acceptors (Lipinski definition) is 5. The molecule has 0 bridgehead atoms. The lowest BCUT2D eigenvalue weighted by Crippen LogP contribution is -2.50. The first-order chi connectivity index (χ1) is 23.7. The number of allylic oxidation sites excluding steroid dienone is 3. The molecule has 1 aliphatic carbocycles. The van der Waals surface area contributed by atoms with Crippen molar-refractivity contribution >= 4 is 41.0 Å². The summed E-state index contributed by atoms with van der Waals surface area (Å²) in [6.45, 7) is 18.5. The van der Waals surface area contributed by atoms with E-state index < -0.39 is 5.54 Å². The summed E-state index contributed by atoms with van der Waals surface area (Å²) in [5.74, 6) is 1.40. The third kappa shape index (κ3) is 10.7. The molecule has 8 nitrogen and oxygen atoms in total. The molecule has 1 fully saturated rings. The van der Waals surface area contributed by atoms with E-state index in [2.05, 4.69) is 52.6 Å². The molecular weight excluding hydrogens is 669 g/mol. The summed E-state index contributed by atoms with van der Waals surface area (Å²) in [6, 6.07) is 9.35. The van der Waals surface area contributed by atoms with Crippen molar-refractivity contribution in [2.75, 3.05) is 26.2 Å². The molecule has 1 N–H and O–H groups in total. The predicted molar refractivity (Wildman–Crippen MR) is 205 cm³/mol. The minimum Gasteiger partial charge on any atom is -0.493 e. The number of nitrogens with zero attached hydrogens (tertiary/aromatic N) is 4. The van der Waals surface area contributed by atoms with Gasteiger partial charge in [-0.15, -0.1) is 6.58 Å². The van der Waals surface area contributed by atoms with E-state index in [1.54, 1.807) is 17.2 Å². The number of carbonyl (C=O) groups is 2. The van der Waals surface area contributed by atoms with E-state index in [9.17, 15) is 9.59 Å². The molecule has 3 amide bonds. The van der Waals surface area contributed by atoms with Gasteiger partial charge in [-0.1, -0.05) is 74.3 Å². The van der Waals surface area contributed by atoms with Crippen molar-refractivity contribution in [3.05, 3.63) is 94.3 Å². The second-order valence-corrected chi connectivity index (χ2v) is 15.6. The number of aromatic nitrogens is 1. The Morgan fingerprint density at radius 2 is 1.84 bits per heavy atom. The highest BCUT2D eigenvalue weighted by Crippen LogP contribution is 2.35. The Hall–Kier alpha value is -3.62. The standard InChI is InChI=1S/C40H53Cl2N5O3/c1-8-10-21-43-36(48)24-28-19-22-46(23-20-28)38(49)47(27-29-11-15-31(41)16-12-29)37(45-40(6,7)30-13-17-32(42)18-14-30)33-26-44-35(39(3,4)5)25-34(33)50-9-2/h8,11-13,15-18,25-26,28,30H,1,9-10,14,19-24,27H2,2-7H3,(H,43,48)/b45-37-. The fourth-order valence-electron chi connectivity index (χ4n) is 6.18. The van der Waals surface area contributed by atoms with E-state index in [-0.39, 0.29) is 35.7 Å². The third-order valence-electron chi connectivity index (χ3n) is 9.30. The van der Waals surface area contributed by atoms with E-state index in [0.717, 1.165) is 36.9 Å². The molecule has 2 heterocycles. The van der Waals surface area contributed by atoms with Crippen LogP contribution in [0.1, 0.15) is 90.5 Å². The zero-order chi connectivity index (χ0) is 36.5. The number of nitrogens with one attached hydrogen (secondary N) is 1. The summed E-state index contributed by atoms with van der Waals surface area (Å²) >= 11 is 12.6. The van der Waals surface area contributed by atoms with Crippen LogP contribution in [0, 0.1) is 11.8 Å². The minimum atomic E-state index is -0.628. The highest BCUT2D eigenvalue weighted by molar-refractivity contribution is 6.31. The Bertz CT molecular complexity index is 1580. The van der Waals surface area contributed by atoms with Crippen LogP contribution in [0.5, 0.6) is 5.75 Å². The van der Waals surface area contributed by atoms with Crippen molar-refractivity contribution in [1.82, 2.24) is 20.1 Å². The summed E-state index contributed by atoms with van der Waals surface area (Å²) in [6.07, 6.45) is 13.0. The van der Waals surface area contributed by atoms with Crippen molar-refractivity contribution in [3.63, 3.8) is 0 Å². The normalized spacial score (nSPS) is 17.3. The second kappa shape index (κ2) is 17.5.